The van der Waals surface area contributed by atoms with Crippen LogP contribution in [-0.2, 0) is 27.2 Å². The Hall–Kier alpha value is -2.57. The zero-order valence-corrected chi connectivity index (χ0v) is 16.6. The maximum absolute atomic E-state index is 12.7. The van der Waals surface area contributed by atoms with Gasteiger partial charge in [-0.15, -0.1) is 0 Å². The van der Waals surface area contributed by atoms with E-state index >= 15 is 0 Å². The van der Waals surface area contributed by atoms with Crippen molar-refractivity contribution in [2.75, 3.05) is 0 Å². The Labute approximate surface area is 172 Å². The van der Waals surface area contributed by atoms with E-state index in [4.69, 9.17) is 23.2 Å². The van der Waals surface area contributed by atoms with E-state index in [9.17, 15) is 19.5 Å². The van der Waals surface area contributed by atoms with Crippen LogP contribution < -0.4 is 10.6 Å². The summed E-state index contributed by atoms with van der Waals surface area (Å²) in [6, 6.07) is 11.8. The van der Waals surface area contributed by atoms with Crippen LogP contribution in [0.15, 0.2) is 48.5 Å². The second-order valence-corrected chi connectivity index (χ2v) is 7.06. The minimum Gasteiger partial charge on any atom is -0.480 e. The lowest BCUT2D eigenvalue weighted by Gasteiger charge is -2.22. The van der Waals surface area contributed by atoms with Gasteiger partial charge in [0.1, 0.15) is 12.1 Å². The van der Waals surface area contributed by atoms with Gasteiger partial charge in [-0.25, -0.2) is 4.79 Å². The molecule has 0 aliphatic carbocycles. The van der Waals surface area contributed by atoms with Crippen molar-refractivity contribution in [2.24, 2.45) is 0 Å². The van der Waals surface area contributed by atoms with E-state index in [0.717, 1.165) is 5.56 Å². The lowest BCUT2D eigenvalue weighted by Crippen LogP contribution is -2.52. The average molecular weight is 423 g/mol. The molecule has 3 N–H and O–H groups in total. The Morgan fingerprint density at radius 3 is 2.04 bits per heavy atom. The van der Waals surface area contributed by atoms with E-state index in [1.54, 1.807) is 18.2 Å². The number of nitrogens with one attached hydrogen (secondary N) is 2. The van der Waals surface area contributed by atoms with Gasteiger partial charge in [-0.05, 0) is 23.3 Å². The highest BCUT2D eigenvalue weighted by Crippen LogP contribution is 2.25. The van der Waals surface area contributed by atoms with Gasteiger partial charge in [0.15, 0.2) is 0 Å². The molecule has 0 saturated heterocycles. The van der Waals surface area contributed by atoms with E-state index < -0.39 is 29.9 Å². The molecule has 2 atom stereocenters. The first kappa shape index (κ1) is 21.7. The van der Waals surface area contributed by atoms with Crippen LogP contribution in [0.3, 0.4) is 0 Å². The fraction of sp³-hybridized carbons (Fsp3) is 0.250. The number of carbonyl (C=O) groups is 3. The van der Waals surface area contributed by atoms with Crippen molar-refractivity contribution in [1.29, 1.82) is 0 Å². The molecule has 6 nitrogen and oxygen atoms in total. The first-order valence-corrected chi connectivity index (χ1v) is 9.30. The van der Waals surface area contributed by atoms with Crippen molar-refractivity contribution < 1.29 is 19.5 Å². The molecule has 0 aliphatic rings. The number of carboxylic acids is 1. The van der Waals surface area contributed by atoms with Gasteiger partial charge >= 0.3 is 5.97 Å². The van der Waals surface area contributed by atoms with E-state index in [1.807, 2.05) is 30.3 Å². The number of hydrogen-bond donors (Lipinski definition) is 3. The van der Waals surface area contributed by atoms with Crippen LogP contribution in [0.25, 0.3) is 0 Å². The second-order valence-electron chi connectivity index (χ2n) is 6.25. The van der Waals surface area contributed by atoms with Crippen molar-refractivity contribution in [3.05, 3.63) is 69.7 Å². The van der Waals surface area contributed by atoms with Crippen LogP contribution in [0.5, 0.6) is 0 Å². The molecule has 2 amide bonds. The predicted molar refractivity (Wildman–Crippen MR) is 107 cm³/mol. The molecule has 0 unspecified atom stereocenters. The summed E-state index contributed by atoms with van der Waals surface area (Å²) in [5, 5.41) is 15.2. The van der Waals surface area contributed by atoms with Crippen molar-refractivity contribution in [3.63, 3.8) is 0 Å². The minimum atomic E-state index is -1.25. The molecule has 8 heteroatoms. The van der Waals surface area contributed by atoms with Crippen LogP contribution in [0.2, 0.25) is 10.0 Å². The highest BCUT2D eigenvalue weighted by Gasteiger charge is 2.27. The van der Waals surface area contributed by atoms with E-state index in [2.05, 4.69) is 10.6 Å². The summed E-state index contributed by atoms with van der Waals surface area (Å²) in [4.78, 5) is 35.9. The minimum absolute atomic E-state index is 0.0856. The molecule has 28 heavy (non-hydrogen) atoms. The molecule has 2 rings (SSSR count). The number of carbonyl (C=O) groups excluding carboxylic acids is 2. The van der Waals surface area contributed by atoms with Gasteiger partial charge in [-0.2, -0.15) is 0 Å². The molecule has 0 radical (unpaired) electrons. The molecule has 0 heterocycles. The summed E-state index contributed by atoms with van der Waals surface area (Å²) in [6.45, 7) is 1.30. The quantitative estimate of drug-likeness (QED) is 0.609. The fourth-order valence-electron chi connectivity index (χ4n) is 2.71. The SMILES string of the molecule is CC(=O)N[C@H](Cc1ccccc1)C(=O)N[C@H](Cc1c(Cl)cccc1Cl)C(=O)O. The highest BCUT2D eigenvalue weighted by atomic mass is 35.5. The van der Waals surface area contributed by atoms with Crippen LogP contribution in [0.1, 0.15) is 18.1 Å². The van der Waals surface area contributed by atoms with Crippen LogP contribution in [0.4, 0.5) is 0 Å². The summed E-state index contributed by atoms with van der Waals surface area (Å²) in [5.41, 5.74) is 1.26. The van der Waals surface area contributed by atoms with Gasteiger partial charge < -0.3 is 15.7 Å². The van der Waals surface area contributed by atoms with Crippen LogP contribution in [-0.4, -0.2) is 35.0 Å². The van der Waals surface area contributed by atoms with Crippen molar-refractivity contribution in [2.45, 2.75) is 31.8 Å². The standard InChI is InChI=1S/C20H20Cl2N2O4/c1-12(25)23-17(10-13-6-3-2-4-7-13)19(26)24-18(20(27)28)11-14-15(21)8-5-9-16(14)22/h2-9,17-18H,10-11H2,1H3,(H,23,25)(H,24,26)(H,27,28)/t17-,18-/m1/s1. The topological polar surface area (TPSA) is 95.5 Å². The molecule has 2 aromatic carbocycles. The van der Waals surface area contributed by atoms with Crippen LogP contribution in [0, 0.1) is 0 Å². The summed E-state index contributed by atoms with van der Waals surface area (Å²) in [6.07, 6.45) is 0.142. The third-order valence-corrected chi connectivity index (χ3v) is 4.77. The third-order valence-electron chi connectivity index (χ3n) is 4.06. The Morgan fingerprint density at radius 1 is 0.893 bits per heavy atom. The Morgan fingerprint density at radius 2 is 1.50 bits per heavy atom. The number of hydrogen-bond acceptors (Lipinski definition) is 3. The Bertz CT molecular complexity index is 838. The Kier molecular flexibility index (Phi) is 7.84. The highest BCUT2D eigenvalue weighted by molar-refractivity contribution is 6.36. The molecule has 2 aromatic rings. The first-order valence-electron chi connectivity index (χ1n) is 8.55. The molecule has 0 aliphatic heterocycles. The molecule has 148 valence electrons. The van der Waals surface area contributed by atoms with Gasteiger partial charge in [-0.3, -0.25) is 9.59 Å². The van der Waals surface area contributed by atoms with Crippen molar-refractivity contribution >= 4 is 41.0 Å². The molecule has 0 aromatic heterocycles. The number of halogens is 2. The van der Waals surface area contributed by atoms with Gasteiger partial charge in [0.25, 0.3) is 0 Å². The monoisotopic (exact) mass is 422 g/mol. The van der Waals surface area contributed by atoms with E-state index in [0.29, 0.717) is 15.6 Å². The summed E-state index contributed by atoms with van der Waals surface area (Å²) in [5.74, 6) is -2.22. The maximum atomic E-state index is 12.7. The Balaban J connectivity index is 2.17. The zero-order chi connectivity index (χ0) is 20.7. The number of carboxylic acid groups (broad SMARTS) is 1. The number of benzene rings is 2. The first-order chi connectivity index (χ1) is 13.3. The lowest BCUT2D eigenvalue weighted by atomic mass is 10.0. The maximum Gasteiger partial charge on any atom is 0.326 e. The molecular weight excluding hydrogens is 403 g/mol. The summed E-state index contributed by atoms with van der Waals surface area (Å²) < 4.78 is 0. The number of amides is 2. The predicted octanol–water partition coefficient (Wildman–Crippen LogP) is 2.85. The van der Waals surface area contributed by atoms with E-state index in [-0.39, 0.29) is 12.8 Å². The largest absolute Gasteiger partial charge is 0.480 e. The van der Waals surface area contributed by atoms with Crippen LogP contribution >= 0.6 is 23.2 Å². The molecule has 0 saturated carbocycles. The lowest BCUT2D eigenvalue weighted by molar-refractivity contribution is -0.142. The second kappa shape index (κ2) is 10.1. The number of aliphatic carboxylic acids is 1. The average Bonchev–Trinajstić information content (AvgIpc) is 2.63. The summed E-state index contributed by atoms with van der Waals surface area (Å²) in [7, 11) is 0. The molecule has 0 spiro atoms. The fourth-order valence-corrected chi connectivity index (χ4v) is 3.26. The number of rotatable bonds is 8. The smallest absolute Gasteiger partial charge is 0.326 e. The molecule has 0 fully saturated rings. The zero-order valence-electron chi connectivity index (χ0n) is 15.1. The van der Waals surface area contributed by atoms with Crippen molar-refractivity contribution in [1.82, 2.24) is 10.6 Å². The molecular formula is C20H20Cl2N2O4. The normalized spacial score (nSPS) is 12.7. The third kappa shape index (κ3) is 6.25. The summed E-state index contributed by atoms with van der Waals surface area (Å²) >= 11 is 12.2. The van der Waals surface area contributed by atoms with E-state index in [1.165, 1.54) is 6.92 Å². The van der Waals surface area contributed by atoms with Gasteiger partial charge in [-0.1, -0.05) is 59.6 Å². The van der Waals surface area contributed by atoms with Crippen molar-refractivity contribution in [3.8, 4) is 0 Å². The molecule has 0 bridgehead atoms. The van der Waals surface area contributed by atoms with Gasteiger partial charge in [0, 0.05) is 29.8 Å². The van der Waals surface area contributed by atoms with Gasteiger partial charge in [0.2, 0.25) is 11.8 Å². The van der Waals surface area contributed by atoms with Gasteiger partial charge in [0.05, 0.1) is 0 Å².